The van der Waals surface area contributed by atoms with Crippen LogP contribution in [0.3, 0.4) is 0 Å². The van der Waals surface area contributed by atoms with Crippen LogP contribution in [0.15, 0.2) is 36.5 Å². The third-order valence-electron chi connectivity index (χ3n) is 1.09. The summed E-state index contributed by atoms with van der Waals surface area (Å²) in [4.78, 5) is 0. The van der Waals surface area contributed by atoms with Gasteiger partial charge >= 0.3 is 0 Å². The van der Waals surface area contributed by atoms with Crippen molar-refractivity contribution in [2.45, 2.75) is 5.79 Å². The van der Waals surface area contributed by atoms with E-state index in [1.54, 1.807) is 12.2 Å². The minimum absolute atomic E-state index is 0.772. The first kappa shape index (κ1) is 6.26. The van der Waals surface area contributed by atoms with Crippen LogP contribution in [0.1, 0.15) is 0 Å². The van der Waals surface area contributed by atoms with Crippen molar-refractivity contribution in [1.29, 1.82) is 0 Å². The maximum atomic E-state index is 8.83. The molecule has 0 bridgehead atoms. The van der Waals surface area contributed by atoms with Crippen molar-refractivity contribution < 1.29 is 10.2 Å². The number of hydrogen-bond donors (Lipinski definition) is 2. The van der Waals surface area contributed by atoms with E-state index in [-0.39, 0.29) is 0 Å². The Hall–Kier alpha value is -0.860. The minimum Gasteiger partial charge on any atom is -0.359 e. The molecule has 0 aromatic heterocycles. The molecule has 0 saturated carbocycles. The van der Waals surface area contributed by atoms with Gasteiger partial charge in [-0.25, -0.2) is 0 Å². The smallest absolute Gasteiger partial charge is 0.203 e. The van der Waals surface area contributed by atoms with E-state index in [1.807, 2.05) is 0 Å². The van der Waals surface area contributed by atoms with E-state index < -0.39 is 5.79 Å². The molecule has 0 spiro atoms. The van der Waals surface area contributed by atoms with Gasteiger partial charge in [-0.2, -0.15) is 0 Å². The van der Waals surface area contributed by atoms with Crippen LogP contribution in [0.4, 0.5) is 0 Å². The fourth-order valence-corrected chi connectivity index (χ4v) is 0.570. The molecule has 0 heterocycles. The summed E-state index contributed by atoms with van der Waals surface area (Å²) < 4.78 is 0. The van der Waals surface area contributed by atoms with E-state index >= 15 is 0 Å². The summed E-state index contributed by atoms with van der Waals surface area (Å²) in [6.07, 6.45) is 5.66. The summed E-state index contributed by atoms with van der Waals surface area (Å²) in [5, 5.41) is 17.7. The van der Waals surface area contributed by atoms with Crippen molar-refractivity contribution in [3.05, 3.63) is 36.5 Å². The Morgan fingerprint density at radius 1 is 1.22 bits per heavy atom. The van der Waals surface area contributed by atoms with Gasteiger partial charge in [-0.05, 0) is 17.7 Å². The van der Waals surface area contributed by atoms with Crippen LogP contribution >= 0.6 is 0 Å². The van der Waals surface area contributed by atoms with Gasteiger partial charge in [0.2, 0.25) is 5.79 Å². The van der Waals surface area contributed by atoms with E-state index in [0.717, 1.165) is 5.57 Å². The van der Waals surface area contributed by atoms with Gasteiger partial charge in [0.05, 0.1) is 0 Å². The lowest BCUT2D eigenvalue weighted by Gasteiger charge is -2.14. The monoisotopic (exact) mass is 124 g/mol. The van der Waals surface area contributed by atoms with Crippen LogP contribution in [-0.4, -0.2) is 16.0 Å². The zero-order chi connectivity index (χ0) is 6.91. The molecule has 1 aliphatic carbocycles. The zero-order valence-corrected chi connectivity index (χ0v) is 4.91. The van der Waals surface area contributed by atoms with Crippen molar-refractivity contribution in [3.63, 3.8) is 0 Å². The molecule has 48 valence electrons. The normalized spacial score (nSPS) is 22.7. The first-order valence-electron chi connectivity index (χ1n) is 2.62. The van der Waals surface area contributed by atoms with E-state index in [1.165, 1.54) is 12.2 Å². The molecule has 0 aromatic carbocycles. The number of hydrogen-bond acceptors (Lipinski definition) is 2. The third-order valence-corrected chi connectivity index (χ3v) is 1.09. The molecule has 0 saturated heterocycles. The lowest BCUT2D eigenvalue weighted by atomic mass is 10.1. The fraction of sp³-hybridized carbons (Fsp3) is 0.143. The maximum Gasteiger partial charge on any atom is 0.203 e. The van der Waals surface area contributed by atoms with Gasteiger partial charge in [-0.3, -0.25) is 0 Å². The van der Waals surface area contributed by atoms with Crippen LogP contribution in [0.2, 0.25) is 0 Å². The quantitative estimate of drug-likeness (QED) is 0.457. The minimum atomic E-state index is -1.76. The van der Waals surface area contributed by atoms with E-state index in [2.05, 4.69) is 6.58 Å². The van der Waals surface area contributed by atoms with Gasteiger partial charge in [0, 0.05) is 0 Å². The average Bonchev–Trinajstić information content (AvgIpc) is 1.78. The molecule has 0 atom stereocenters. The van der Waals surface area contributed by atoms with Crippen molar-refractivity contribution >= 4 is 0 Å². The van der Waals surface area contributed by atoms with Gasteiger partial charge in [0.15, 0.2) is 0 Å². The summed E-state index contributed by atoms with van der Waals surface area (Å²) >= 11 is 0. The Kier molecular flexibility index (Phi) is 1.27. The van der Waals surface area contributed by atoms with Crippen LogP contribution in [0.5, 0.6) is 0 Å². The molecule has 2 N–H and O–H groups in total. The van der Waals surface area contributed by atoms with E-state index in [9.17, 15) is 0 Å². The third kappa shape index (κ3) is 1.52. The standard InChI is InChI=1S/C7H8O2/c1-6-2-4-7(8,9)5-3-6/h2-5,8-9H,1H2. The van der Waals surface area contributed by atoms with Gasteiger partial charge in [0.25, 0.3) is 0 Å². The molecule has 0 radical (unpaired) electrons. The molecule has 2 heteroatoms. The van der Waals surface area contributed by atoms with Crippen LogP contribution in [0.25, 0.3) is 0 Å². The second-order valence-electron chi connectivity index (χ2n) is 2.02. The highest BCUT2D eigenvalue weighted by Crippen LogP contribution is 2.13. The molecule has 0 aromatic rings. The van der Waals surface area contributed by atoms with Crippen LogP contribution in [0, 0.1) is 0 Å². The Bertz CT molecular complexity index is 169. The lowest BCUT2D eigenvalue weighted by molar-refractivity contribution is -0.0747. The predicted octanol–water partition coefficient (Wildman–Crippen LogP) is 0.349. The summed E-state index contributed by atoms with van der Waals surface area (Å²) in [6, 6.07) is 0. The Labute approximate surface area is 53.4 Å². The van der Waals surface area contributed by atoms with Gasteiger partial charge in [0.1, 0.15) is 0 Å². The molecule has 1 rings (SSSR count). The fourth-order valence-electron chi connectivity index (χ4n) is 0.570. The van der Waals surface area contributed by atoms with Crippen LogP contribution < -0.4 is 0 Å². The highest BCUT2D eigenvalue weighted by atomic mass is 16.5. The summed E-state index contributed by atoms with van der Waals surface area (Å²) in [5.41, 5.74) is 0.772. The van der Waals surface area contributed by atoms with E-state index in [0.29, 0.717) is 0 Å². The Morgan fingerprint density at radius 2 is 1.67 bits per heavy atom. The summed E-state index contributed by atoms with van der Waals surface area (Å²) in [5.74, 6) is -1.76. The number of allylic oxidation sites excluding steroid dienone is 3. The molecule has 0 aliphatic heterocycles. The SMILES string of the molecule is C=C1C=CC(O)(O)C=C1. The molecule has 2 nitrogen and oxygen atoms in total. The largest absolute Gasteiger partial charge is 0.359 e. The molecule has 0 unspecified atom stereocenters. The second-order valence-corrected chi connectivity index (χ2v) is 2.02. The predicted molar refractivity (Wildman–Crippen MR) is 34.6 cm³/mol. The molecule has 0 fully saturated rings. The molecule has 1 aliphatic rings. The van der Waals surface area contributed by atoms with Crippen molar-refractivity contribution in [1.82, 2.24) is 0 Å². The first-order chi connectivity index (χ1) is 4.10. The highest BCUT2D eigenvalue weighted by molar-refractivity contribution is 5.35. The van der Waals surface area contributed by atoms with Gasteiger partial charge < -0.3 is 10.2 Å². The highest BCUT2D eigenvalue weighted by Gasteiger charge is 2.15. The zero-order valence-electron chi connectivity index (χ0n) is 4.91. The molecular weight excluding hydrogens is 116 g/mol. The van der Waals surface area contributed by atoms with Crippen molar-refractivity contribution in [3.8, 4) is 0 Å². The second kappa shape index (κ2) is 1.83. The van der Waals surface area contributed by atoms with E-state index in [4.69, 9.17) is 10.2 Å². The lowest BCUT2D eigenvalue weighted by Crippen LogP contribution is -2.22. The molecular formula is C7H8O2. The Balaban J connectivity index is 2.82. The van der Waals surface area contributed by atoms with Gasteiger partial charge in [-0.15, -0.1) is 0 Å². The molecule has 9 heavy (non-hydrogen) atoms. The maximum absolute atomic E-state index is 8.83. The summed E-state index contributed by atoms with van der Waals surface area (Å²) in [6.45, 7) is 3.58. The first-order valence-corrected chi connectivity index (χ1v) is 2.62. The molecule has 0 amide bonds. The number of aliphatic hydroxyl groups is 2. The Morgan fingerprint density at radius 3 is 2.00 bits per heavy atom. The van der Waals surface area contributed by atoms with Crippen molar-refractivity contribution in [2.75, 3.05) is 0 Å². The van der Waals surface area contributed by atoms with Crippen LogP contribution in [-0.2, 0) is 0 Å². The topological polar surface area (TPSA) is 40.5 Å². The average molecular weight is 124 g/mol. The summed E-state index contributed by atoms with van der Waals surface area (Å²) in [7, 11) is 0. The van der Waals surface area contributed by atoms with Gasteiger partial charge in [-0.1, -0.05) is 18.7 Å². The van der Waals surface area contributed by atoms with Crippen molar-refractivity contribution in [2.24, 2.45) is 0 Å². The number of rotatable bonds is 0.